The second kappa shape index (κ2) is 10.3. The molecule has 0 radical (unpaired) electrons. The molecule has 2 heteroatoms. The highest BCUT2D eigenvalue weighted by Gasteiger charge is 2.38. The number of phenolic OH excluding ortho intramolecular Hbond substituents is 1. The molecule has 0 heterocycles. The predicted molar refractivity (Wildman–Crippen MR) is 123 cm³/mol. The van der Waals surface area contributed by atoms with Gasteiger partial charge >= 0.3 is 0 Å². The first-order valence-corrected chi connectivity index (χ1v) is 11.9. The van der Waals surface area contributed by atoms with Crippen LogP contribution in [-0.2, 0) is 12.8 Å². The Morgan fingerprint density at radius 2 is 1.69 bits per heavy atom. The Morgan fingerprint density at radius 3 is 2.38 bits per heavy atom. The lowest BCUT2D eigenvalue weighted by atomic mass is 9.84. The summed E-state index contributed by atoms with van der Waals surface area (Å²) in [6.45, 7) is 7.05. The quantitative estimate of drug-likeness (QED) is 0.176. The van der Waals surface area contributed by atoms with Crippen LogP contribution in [0.1, 0.15) is 103 Å². The summed E-state index contributed by atoms with van der Waals surface area (Å²) in [7, 11) is 0. The second-order valence-electron chi connectivity index (χ2n) is 9.25. The van der Waals surface area contributed by atoms with Gasteiger partial charge in [-0.1, -0.05) is 87.6 Å². The van der Waals surface area contributed by atoms with Gasteiger partial charge in [-0.15, -0.1) is 0 Å². The molecule has 1 aromatic rings. The summed E-state index contributed by atoms with van der Waals surface area (Å²) in [6.07, 6.45) is 16.8. The van der Waals surface area contributed by atoms with Crippen molar-refractivity contribution in [1.82, 2.24) is 0 Å². The van der Waals surface area contributed by atoms with Gasteiger partial charge in [0.25, 0.3) is 0 Å². The van der Waals surface area contributed by atoms with Gasteiger partial charge in [-0.2, -0.15) is 0 Å². The Kier molecular flexibility index (Phi) is 8.76. The number of unbranched alkanes of at least 4 members (excludes halogenated alkanes) is 4. The van der Waals surface area contributed by atoms with Crippen LogP contribution >= 0.6 is 22.6 Å². The lowest BCUT2D eigenvalue weighted by molar-refractivity contribution is 0.308. The van der Waals surface area contributed by atoms with Crippen molar-refractivity contribution < 1.29 is 5.11 Å². The third-order valence-electron chi connectivity index (χ3n) is 6.28. The number of halogens is 1. The third-order valence-corrected chi connectivity index (χ3v) is 7.90. The maximum atomic E-state index is 10.2. The average Bonchev–Trinajstić information content (AvgIpc) is 3.34. The summed E-state index contributed by atoms with van der Waals surface area (Å²) in [5, 5.41) is 10.2. The van der Waals surface area contributed by atoms with Crippen LogP contribution in [0, 0.1) is 5.41 Å². The topological polar surface area (TPSA) is 20.2 Å². The van der Waals surface area contributed by atoms with E-state index in [1.165, 1.54) is 76.2 Å². The predicted octanol–water partition coefficient (Wildman–Crippen LogP) is 8.00. The zero-order chi connectivity index (χ0) is 19.0. The monoisotopic (exact) mass is 470 g/mol. The summed E-state index contributed by atoms with van der Waals surface area (Å²) < 4.78 is 0.659. The highest BCUT2D eigenvalue weighted by Crippen LogP contribution is 2.49. The number of alkyl halides is 1. The molecule has 0 amide bonds. The maximum Gasteiger partial charge on any atom is 0.118 e. The fraction of sp³-hybridized carbons (Fsp3) is 0.750. The molecular weight excluding hydrogens is 431 g/mol. The average molecular weight is 470 g/mol. The first-order chi connectivity index (χ1) is 12.3. The molecular formula is C24H39IO. The lowest BCUT2D eigenvalue weighted by Crippen LogP contribution is -2.08. The number of hydrogen-bond acceptors (Lipinski definition) is 1. The molecule has 0 atom stereocenters. The fourth-order valence-corrected chi connectivity index (χ4v) is 4.25. The minimum atomic E-state index is 0.492. The highest BCUT2D eigenvalue weighted by atomic mass is 127. The van der Waals surface area contributed by atoms with Gasteiger partial charge in [0.15, 0.2) is 0 Å². The lowest BCUT2D eigenvalue weighted by Gasteiger charge is -2.22. The van der Waals surface area contributed by atoms with Gasteiger partial charge in [0.1, 0.15) is 5.75 Å². The SMILES string of the molecule is CCC(C)(C)CCCCCc1ccc(O)c(CCCCCC2(I)CC2)c1. The van der Waals surface area contributed by atoms with E-state index >= 15 is 0 Å². The molecule has 26 heavy (non-hydrogen) atoms. The van der Waals surface area contributed by atoms with Crippen molar-refractivity contribution in [3.8, 4) is 5.75 Å². The number of aryl methyl sites for hydroxylation is 2. The van der Waals surface area contributed by atoms with Gasteiger partial charge < -0.3 is 5.11 Å². The minimum absolute atomic E-state index is 0.492. The van der Waals surface area contributed by atoms with E-state index in [0.717, 1.165) is 18.4 Å². The molecule has 2 rings (SSSR count). The molecule has 1 aliphatic rings. The van der Waals surface area contributed by atoms with E-state index in [9.17, 15) is 5.11 Å². The molecule has 148 valence electrons. The molecule has 0 bridgehead atoms. The summed E-state index contributed by atoms with van der Waals surface area (Å²) in [5.41, 5.74) is 3.06. The highest BCUT2D eigenvalue weighted by molar-refractivity contribution is 14.1. The number of rotatable bonds is 13. The normalized spacial score (nSPS) is 16.0. The van der Waals surface area contributed by atoms with Crippen LogP contribution < -0.4 is 0 Å². The minimum Gasteiger partial charge on any atom is -0.508 e. The Hall–Kier alpha value is -0.250. The van der Waals surface area contributed by atoms with Crippen LogP contribution in [0.4, 0.5) is 0 Å². The van der Waals surface area contributed by atoms with Gasteiger partial charge in [0.05, 0.1) is 0 Å². The van der Waals surface area contributed by atoms with Crippen molar-refractivity contribution in [2.24, 2.45) is 5.41 Å². The molecule has 1 N–H and O–H groups in total. The van der Waals surface area contributed by atoms with E-state index in [-0.39, 0.29) is 0 Å². The van der Waals surface area contributed by atoms with Crippen LogP contribution in [0.2, 0.25) is 0 Å². The summed E-state index contributed by atoms with van der Waals surface area (Å²) in [6, 6.07) is 6.28. The van der Waals surface area contributed by atoms with Gasteiger partial charge in [-0.05, 0) is 74.0 Å². The first kappa shape index (κ1) is 22.0. The van der Waals surface area contributed by atoms with E-state index in [0.29, 0.717) is 14.6 Å². The van der Waals surface area contributed by atoms with Crippen LogP contribution in [0.3, 0.4) is 0 Å². The number of hydrogen-bond donors (Lipinski definition) is 1. The smallest absolute Gasteiger partial charge is 0.118 e. The second-order valence-corrected chi connectivity index (χ2v) is 11.5. The fourth-order valence-electron chi connectivity index (χ4n) is 3.60. The molecule has 1 aromatic carbocycles. The number of aromatic hydroxyl groups is 1. The Bertz CT molecular complexity index is 545. The Balaban J connectivity index is 1.65. The van der Waals surface area contributed by atoms with Crippen molar-refractivity contribution in [3.63, 3.8) is 0 Å². The molecule has 1 saturated carbocycles. The van der Waals surface area contributed by atoms with Gasteiger partial charge in [0.2, 0.25) is 0 Å². The van der Waals surface area contributed by atoms with E-state index in [4.69, 9.17) is 0 Å². The standard InChI is InChI=1S/C24H39IO/c1-4-23(2,3)15-9-5-7-11-20-13-14-22(26)21(19-20)12-8-6-10-16-24(25)17-18-24/h13-14,19,26H,4-12,15-18H2,1-3H3. The Morgan fingerprint density at radius 1 is 1.00 bits per heavy atom. The van der Waals surface area contributed by atoms with Crippen LogP contribution in [0.15, 0.2) is 18.2 Å². The molecule has 1 fully saturated rings. The molecule has 0 aliphatic heterocycles. The van der Waals surface area contributed by atoms with Crippen LogP contribution in [0.5, 0.6) is 5.75 Å². The summed E-state index contributed by atoms with van der Waals surface area (Å²) >= 11 is 2.65. The van der Waals surface area contributed by atoms with Crippen molar-refractivity contribution >= 4 is 22.6 Å². The van der Waals surface area contributed by atoms with E-state index in [2.05, 4.69) is 55.5 Å². The van der Waals surface area contributed by atoms with Crippen LogP contribution in [-0.4, -0.2) is 8.53 Å². The van der Waals surface area contributed by atoms with Crippen molar-refractivity contribution in [1.29, 1.82) is 0 Å². The van der Waals surface area contributed by atoms with Crippen LogP contribution in [0.25, 0.3) is 0 Å². The number of benzene rings is 1. The van der Waals surface area contributed by atoms with E-state index in [1.807, 2.05) is 6.07 Å². The summed E-state index contributed by atoms with van der Waals surface area (Å²) in [5.74, 6) is 0.492. The molecule has 1 nitrogen and oxygen atoms in total. The van der Waals surface area contributed by atoms with E-state index < -0.39 is 0 Å². The van der Waals surface area contributed by atoms with Crippen molar-refractivity contribution in [2.45, 2.75) is 108 Å². The Labute approximate surface area is 175 Å². The third kappa shape index (κ3) is 8.19. The first-order valence-electron chi connectivity index (χ1n) is 10.8. The van der Waals surface area contributed by atoms with E-state index in [1.54, 1.807) is 0 Å². The summed E-state index contributed by atoms with van der Waals surface area (Å²) in [4.78, 5) is 0. The molecule has 0 aromatic heterocycles. The zero-order valence-electron chi connectivity index (χ0n) is 17.2. The zero-order valence-corrected chi connectivity index (χ0v) is 19.4. The molecule has 0 saturated heterocycles. The molecule has 0 spiro atoms. The van der Waals surface area contributed by atoms with Gasteiger partial charge in [-0.3, -0.25) is 0 Å². The number of phenols is 1. The van der Waals surface area contributed by atoms with Crippen molar-refractivity contribution in [3.05, 3.63) is 29.3 Å². The van der Waals surface area contributed by atoms with Gasteiger partial charge in [0, 0.05) is 3.42 Å². The molecule has 0 unspecified atom stereocenters. The van der Waals surface area contributed by atoms with Gasteiger partial charge in [-0.25, -0.2) is 0 Å². The maximum absolute atomic E-state index is 10.2. The van der Waals surface area contributed by atoms with Crippen molar-refractivity contribution in [2.75, 3.05) is 0 Å². The molecule has 1 aliphatic carbocycles. The largest absolute Gasteiger partial charge is 0.508 e.